The van der Waals surface area contributed by atoms with Crippen molar-refractivity contribution >= 4 is 11.6 Å². The first-order valence-electron chi connectivity index (χ1n) is 8.70. The SMILES string of the molecule is COc1ccc(C)cc1[C@H](C)N[C@H]1CCCN(c2cnn(C)c2)C1=O. The molecule has 0 saturated carbocycles. The molecule has 0 radical (unpaired) electrons. The molecular formula is C19H26N4O2. The lowest BCUT2D eigenvalue weighted by molar-refractivity contribution is -0.122. The maximum atomic E-state index is 12.9. The minimum atomic E-state index is -0.200. The van der Waals surface area contributed by atoms with Gasteiger partial charge in [-0.1, -0.05) is 17.7 Å². The number of piperidine rings is 1. The topological polar surface area (TPSA) is 59.4 Å². The van der Waals surface area contributed by atoms with Gasteiger partial charge in [0.2, 0.25) is 5.91 Å². The Morgan fingerprint density at radius 3 is 2.88 bits per heavy atom. The van der Waals surface area contributed by atoms with Crippen LogP contribution in [0, 0.1) is 6.92 Å². The van der Waals surface area contributed by atoms with E-state index in [2.05, 4.69) is 30.3 Å². The molecule has 1 saturated heterocycles. The van der Waals surface area contributed by atoms with Crippen LogP contribution in [-0.4, -0.2) is 35.4 Å². The molecule has 2 atom stereocenters. The average molecular weight is 342 g/mol. The van der Waals surface area contributed by atoms with Crippen LogP contribution in [0.2, 0.25) is 0 Å². The lowest BCUT2D eigenvalue weighted by atomic mass is 9.99. The van der Waals surface area contributed by atoms with Crippen molar-refractivity contribution in [2.75, 3.05) is 18.6 Å². The summed E-state index contributed by atoms with van der Waals surface area (Å²) in [6, 6.07) is 5.95. The molecule has 134 valence electrons. The number of rotatable bonds is 5. The number of hydrogen-bond donors (Lipinski definition) is 1. The van der Waals surface area contributed by atoms with E-state index >= 15 is 0 Å². The fourth-order valence-corrected chi connectivity index (χ4v) is 3.42. The van der Waals surface area contributed by atoms with E-state index in [1.54, 1.807) is 18.0 Å². The molecular weight excluding hydrogens is 316 g/mol. The summed E-state index contributed by atoms with van der Waals surface area (Å²) in [6.07, 6.45) is 5.44. The molecule has 0 spiro atoms. The van der Waals surface area contributed by atoms with E-state index in [1.807, 2.05) is 30.3 Å². The van der Waals surface area contributed by atoms with Crippen LogP contribution >= 0.6 is 0 Å². The molecule has 1 amide bonds. The highest BCUT2D eigenvalue weighted by molar-refractivity contribution is 5.97. The number of hydrogen-bond acceptors (Lipinski definition) is 4. The van der Waals surface area contributed by atoms with E-state index in [0.29, 0.717) is 0 Å². The Bertz CT molecular complexity index is 756. The molecule has 0 aliphatic carbocycles. The molecule has 1 aromatic heterocycles. The number of anilines is 1. The summed E-state index contributed by atoms with van der Waals surface area (Å²) in [4.78, 5) is 14.7. The summed E-state index contributed by atoms with van der Waals surface area (Å²) in [6.45, 7) is 4.88. The quantitative estimate of drug-likeness (QED) is 0.907. The number of aromatic nitrogens is 2. The molecule has 6 nitrogen and oxygen atoms in total. The van der Waals surface area contributed by atoms with Crippen molar-refractivity contribution in [2.24, 2.45) is 7.05 Å². The molecule has 2 aromatic rings. The lowest BCUT2D eigenvalue weighted by Gasteiger charge is -2.33. The van der Waals surface area contributed by atoms with Crippen molar-refractivity contribution in [3.8, 4) is 5.75 Å². The van der Waals surface area contributed by atoms with Crippen LogP contribution in [-0.2, 0) is 11.8 Å². The van der Waals surface area contributed by atoms with Gasteiger partial charge in [-0.3, -0.25) is 14.8 Å². The van der Waals surface area contributed by atoms with Crippen LogP contribution in [0.15, 0.2) is 30.6 Å². The first-order valence-corrected chi connectivity index (χ1v) is 8.70. The number of nitrogens with zero attached hydrogens (tertiary/aromatic N) is 3. The van der Waals surface area contributed by atoms with Gasteiger partial charge in [0.1, 0.15) is 5.75 Å². The van der Waals surface area contributed by atoms with Gasteiger partial charge >= 0.3 is 0 Å². The molecule has 3 rings (SSSR count). The zero-order valence-electron chi connectivity index (χ0n) is 15.3. The number of aryl methyl sites for hydroxylation is 2. The highest BCUT2D eigenvalue weighted by atomic mass is 16.5. The zero-order valence-corrected chi connectivity index (χ0v) is 15.3. The largest absolute Gasteiger partial charge is 0.496 e. The van der Waals surface area contributed by atoms with E-state index in [-0.39, 0.29) is 18.0 Å². The second-order valence-electron chi connectivity index (χ2n) is 6.69. The Labute approximate surface area is 148 Å². The summed E-state index contributed by atoms with van der Waals surface area (Å²) < 4.78 is 7.21. The number of benzene rings is 1. The van der Waals surface area contributed by atoms with Crippen LogP contribution in [0.5, 0.6) is 5.75 Å². The average Bonchev–Trinajstić information content (AvgIpc) is 3.03. The van der Waals surface area contributed by atoms with Crippen LogP contribution in [0.25, 0.3) is 0 Å². The number of ether oxygens (including phenoxy) is 1. The molecule has 1 N–H and O–H groups in total. The van der Waals surface area contributed by atoms with Crippen molar-refractivity contribution in [1.29, 1.82) is 0 Å². The molecule has 0 unspecified atom stereocenters. The van der Waals surface area contributed by atoms with E-state index in [9.17, 15) is 4.79 Å². The Balaban J connectivity index is 1.76. The Morgan fingerprint density at radius 2 is 2.20 bits per heavy atom. The van der Waals surface area contributed by atoms with Gasteiger partial charge in [0.15, 0.2) is 0 Å². The standard InChI is InChI=1S/C19H26N4O2/c1-13-7-8-18(25-4)16(10-13)14(2)21-17-6-5-9-23(19(17)24)15-11-20-22(3)12-15/h7-8,10-12,14,17,21H,5-6,9H2,1-4H3/t14-,17-/m0/s1. The van der Waals surface area contributed by atoms with Crippen LogP contribution in [0.4, 0.5) is 5.69 Å². The van der Waals surface area contributed by atoms with Crippen molar-refractivity contribution in [3.63, 3.8) is 0 Å². The van der Waals surface area contributed by atoms with Crippen LogP contribution in [0.1, 0.15) is 36.9 Å². The van der Waals surface area contributed by atoms with E-state index in [1.165, 1.54) is 5.56 Å². The highest BCUT2D eigenvalue weighted by Crippen LogP contribution is 2.28. The minimum Gasteiger partial charge on any atom is -0.496 e. The van der Waals surface area contributed by atoms with Gasteiger partial charge in [-0.05, 0) is 32.8 Å². The molecule has 2 heterocycles. The maximum absolute atomic E-state index is 12.9. The minimum absolute atomic E-state index is 0.0256. The monoisotopic (exact) mass is 342 g/mol. The van der Waals surface area contributed by atoms with Crippen molar-refractivity contribution in [1.82, 2.24) is 15.1 Å². The predicted octanol–water partition coefficient (Wildman–Crippen LogP) is 2.58. The summed E-state index contributed by atoms with van der Waals surface area (Å²) >= 11 is 0. The second kappa shape index (κ2) is 7.27. The summed E-state index contributed by atoms with van der Waals surface area (Å²) in [5, 5.41) is 7.67. The van der Waals surface area contributed by atoms with Gasteiger partial charge < -0.3 is 9.64 Å². The van der Waals surface area contributed by atoms with Gasteiger partial charge in [-0.2, -0.15) is 5.10 Å². The highest BCUT2D eigenvalue weighted by Gasteiger charge is 2.31. The first kappa shape index (κ1) is 17.5. The van der Waals surface area contributed by atoms with Crippen LogP contribution < -0.4 is 15.0 Å². The smallest absolute Gasteiger partial charge is 0.244 e. The van der Waals surface area contributed by atoms with Gasteiger partial charge in [-0.15, -0.1) is 0 Å². The summed E-state index contributed by atoms with van der Waals surface area (Å²) in [5.41, 5.74) is 3.12. The molecule has 6 heteroatoms. The summed E-state index contributed by atoms with van der Waals surface area (Å²) in [7, 11) is 3.54. The molecule has 1 aromatic carbocycles. The first-order chi connectivity index (χ1) is 12.0. The Hall–Kier alpha value is -2.34. The van der Waals surface area contributed by atoms with E-state index < -0.39 is 0 Å². The molecule has 1 aliphatic rings. The molecule has 25 heavy (non-hydrogen) atoms. The predicted molar refractivity (Wildman–Crippen MR) is 97.9 cm³/mol. The van der Waals surface area contributed by atoms with E-state index in [4.69, 9.17) is 4.74 Å². The van der Waals surface area contributed by atoms with E-state index in [0.717, 1.165) is 36.4 Å². The zero-order chi connectivity index (χ0) is 18.0. The van der Waals surface area contributed by atoms with Crippen molar-refractivity contribution in [2.45, 2.75) is 38.8 Å². The number of amides is 1. The third-order valence-electron chi connectivity index (χ3n) is 4.74. The lowest BCUT2D eigenvalue weighted by Crippen LogP contribution is -2.51. The van der Waals surface area contributed by atoms with Crippen molar-refractivity contribution < 1.29 is 9.53 Å². The Morgan fingerprint density at radius 1 is 1.40 bits per heavy atom. The summed E-state index contributed by atoms with van der Waals surface area (Å²) in [5.74, 6) is 0.954. The number of methoxy groups -OCH3 is 1. The third-order valence-corrected chi connectivity index (χ3v) is 4.74. The molecule has 1 aliphatic heterocycles. The molecule has 1 fully saturated rings. The van der Waals surface area contributed by atoms with Gasteiger partial charge in [0.05, 0.1) is 25.0 Å². The van der Waals surface area contributed by atoms with Gasteiger partial charge in [0.25, 0.3) is 0 Å². The second-order valence-corrected chi connectivity index (χ2v) is 6.69. The van der Waals surface area contributed by atoms with Crippen molar-refractivity contribution in [3.05, 3.63) is 41.7 Å². The third kappa shape index (κ3) is 3.69. The number of nitrogens with one attached hydrogen (secondary N) is 1. The fourth-order valence-electron chi connectivity index (χ4n) is 3.42. The van der Waals surface area contributed by atoms with Gasteiger partial charge in [-0.25, -0.2) is 0 Å². The number of carbonyl (C=O) groups is 1. The Kier molecular flexibility index (Phi) is 5.08. The molecule has 0 bridgehead atoms. The maximum Gasteiger partial charge on any atom is 0.244 e. The van der Waals surface area contributed by atoms with Crippen LogP contribution in [0.3, 0.4) is 0 Å². The van der Waals surface area contributed by atoms with Gasteiger partial charge in [0, 0.05) is 31.4 Å². The number of carbonyl (C=O) groups excluding carboxylic acids is 1. The fraction of sp³-hybridized carbons (Fsp3) is 0.474. The normalized spacial score (nSPS) is 19.1.